The highest BCUT2D eigenvalue weighted by molar-refractivity contribution is 5.90. The molecule has 0 bridgehead atoms. The fraction of sp³-hybridized carbons (Fsp3) is 0.500. The smallest absolute Gasteiger partial charge is 0.216 e. The Hall–Kier alpha value is -3.35. The van der Waals surface area contributed by atoms with Crippen LogP contribution < -0.4 is 10.2 Å². The molecule has 0 saturated carbocycles. The number of carbonyl (C=O) groups excluding carboxylic acids is 1. The van der Waals surface area contributed by atoms with Crippen LogP contribution in [0.3, 0.4) is 0 Å². The fourth-order valence-electron chi connectivity index (χ4n) is 4.34. The SMILES string of the molecule is C=C/C1=C(\C=C)c2nnn(CCOCCOCCOCCOCCOCCNC(C)=O)c2-c2ccccc2N(C)C1. The molecule has 0 saturated heterocycles. The summed E-state index contributed by atoms with van der Waals surface area (Å²) in [6, 6.07) is 8.27. The normalized spacial score (nSPS) is 14.6. The first-order chi connectivity index (χ1) is 20.1. The lowest BCUT2D eigenvalue weighted by Crippen LogP contribution is -2.25. The van der Waals surface area contributed by atoms with Crippen molar-refractivity contribution in [1.29, 1.82) is 0 Å². The van der Waals surface area contributed by atoms with Gasteiger partial charge >= 0.3 is 0 Å². The molecule has 41 heavy (non-hydrogen) atoms. The minimum Gasteiger partial charge on any atom is -0.377 e. The summed E-state index contributed by atoms with van der Waals surface area (Å²) in [7, 11) is 2.07. The molecule has 1 N–H and O–H groups in total. The van der Waals surface area contributed by atoms with Gasteiger partial charge in [0, 0.05) is 43.9 Å². The third-order valence-corrected chi connectivity index (χ3v) is 6.32. The zero-order valence-corrected chi connectivity index (χ0v) is 24.3. The van der Waals surface area contributed by atoms with Gasteiger partial charge in [-0.15, -0.1) is 5.10 Å². The molecule has 1 aliphatic rings. The van der Waals surface area contributed by atoms with Crippen LogP contribution in [-0.4, -0.2) is 107 Å². The Balaban J connectivity index is 1.32. The third-order valence-electron chi connectivity index (χ3n) is 6.32. The number of nitrogens with one attached hydrogen (secondary N) is 1. The number of likely N-dealkylation sites (N-methyl/N-ethyl adjacent to an activating group) is 1. The predicted octanol–water partition coefficient (Wildman–Crippen LogP) is 2.74. The van der Waals surface area contributed by atoms with Crippen LogP contribution in [-0.2, 0) is 35.0 Å². The molecule has 0 spiro atoms. The quantitative estimate of drug-likeness (QED) is 0.241. The van der Waals surface area contributed by atoms with Gasteiger partial charge in [0.2, 0.25) is 5.91 Å². The van der Waals surface area contributed by atoms with Gasteiger partial charge in [-0.2, -0.15) is 0 Å². The molecule has 0 unspecified atom stereocenters. The summed E-state index contributed by atoms with van der Waals surface area (Å²) >= 11 is 0. The molecular formula is C30H43N5O6. The molecule has 2 heterocycles. The van der Waals surface area contributed by atoms with E-state index in [1.807, 2.05) is 29.0 Å². The molecular weight excluding hydrogens is 526 g/mol. The predicted molar refractivity (Wildman–Crippen MR) is 159 cm³/mol. The number of aromatic nitrogens is 3. The van der Waals surface area contributed by atoms with E-state index < -0.39 is 0 Å². The van der Waals surface area contributed by atoms with Crippen molar-refractivity contribution in [3.05, 3.63) is 60.8 Å². The van der Waals surface area contributed by atoms with Crippen molar-refractivity contribution in [1.82, 2.24) is 20.3 Å². The van der Waals surface area contributed by atoms with Crippen molar-refractivity contribution >= 4 is 17.2 Å². The average Bonchev–Trinajstić information content (AvgIpc) is 3.38. The first-order valence-corrected chi connectivity index (χ1v) is 13.9. The lowest BCUT2D eigenvalue weighted by Gasteiger charge is -2.26. The number of fused-ring (bicyclic) bond motifs is 3. The number of hydrogen-bond donors (Lipinski definition) is 1. The summed E-state index contributed by atoms with van der Waals surface area (Å²) in [5, 5.41) is 11.7. The van der Waals surface area contributed by atoms with Crippen LogP contribution >= 0.6 is 0 Å². The number of benzene rings is 1. The maximum atomic E-state index is 10.7. The Labute approximate surface area is 242 Å². The summed E-state index contributed by atoms with van der Waals surface area (Å²) in [5.74, 6) is -0.0610. The van der Waals surface area contributed by atoms with Gasteiger partial charge in [-0.3, -0.25) is 4.79 Å². The summed E-state index contributed by atoms with van der Waals surface area (Å²) in [6.07, 6.45) is 3.69. The van der Waals surface area contributed by atoms with E-state index in [4.69, 9.17) is 23.7 Å². The minimum absolute atomic E-state index is 0.0610. The molecule has 11 heteroatoms. The molecule has 0 aliphatic carbocycles. The second-order valence-electron chi connectivity index (χ2n) is 9.27. The van der Waals surface area contributed by atoms with Gasteiger partial charge in [-0.25, -0.2) is 4.68 Å². The molecule has 3 rings (SSSR count). The first kappa shape index (κ1) is 32.2. The van der Waals surface area contributed by atoms with Gasteiger partial charge in [0.15, 0.2) is 0 Å². The van der Waals surface area contributed by atoms with E-state index in [0.29, 0.717) is 85.7 Å². The molecule has 1 aromatic heterocycles. The molecule has 2 aromatic rings. The summed E-state index contributed by atoms with van der Waals surface area (Å²) in [6.45, 7) is 16.1. The summed E-state index contributed by atoms with van der Waals surface area (Å²) in [4.78, 5) is 12.9. The van der Waals surface area contributed by atoms with Crippen molar-refractivity contribution < 1.29 is 28.5 Å². The first-order valence-electron chi connectivity index (χ1n) is 13.9. The Kier molecular flexibility index (Phi) is 14.2. The van der Waals surface area contributed by atoms with Crippen LogP contribution in [0.25, 0.3) is 16.8 Å². The van der Waals surface area contributed by atoms with Crippen LogP contribution in [0, 0.1) is 0 Å². The van der Waals surface area contributed by atoms with E-state index in [-0.39, 0.29) is 5.91 Å². The number of para-hydroxylation sites is 1. The van der Waals surface area contributed by atoms with Gasteiger partial charge in [-0.05, 0) is 11.6 Å². The largest absolute Gasteiger partial charge is 0.377 e. The lowest BCUT2D eigenvalue weighted by molar-refractivity contribution is -0.119. The van der Waals surface area contributed by atoms with Crippen molar-refractivity contribution in [3.8, 4) is 11.3 Å². The Morgan fingerprint density at radius 3 is 2.07 bits per heavy atom. The maximum Gasteiger partial charge on any atom is 0.216 e. The number of hydrogen-bond acceptors (Lipinski definition) is 9. The number of ether oxygens (including phenoxy) is 5. The standard InChI is InChI=1S/C30H43N5O6/c1-5-25-23-34(4)28-10-8-7-9-27(28)30-29(26(25)6-2)32-33-35(30)12-14-38-16-18-40-20-22-41-21-19-39-17-15-37-13-11-31-24(3)36/h5-10H,1-2,11-23H2,3-4H3,(H,31,36)/b26-25-. The lowest BCUT2D eigenvalue weighted by atomic mass is 9.96. The Morgan fingerprint density at radius 1 is 0.902 bits per heavy atom. The summed E-state index contributed by atoms with van der Waals surface area (Å²) in [5.41, 5.74) is 5.91. The second kappa shape index (κ2) is 18.2. The maximum absolute atomic E-state index is 10.7. The van der Waals surface area contributed by atoms with Crippen molar-refractivity contribution in [2.45, 2.75) is 13.5 Å². The van der Waals surface area contributed by atoms with Crippen LogP contribution in [0.2, 0.25) is 0 Å². The number of amides is 1. The van der Waals surface area contributed by atoms with Gasteiger partial charge in [0.1, 0.15) is 5.69 Å². The van der Waals surface area contributed by atoms with E-state index in [1.165, 1.54) is 6.92 Å². The van der Waals surface area contributed by atoms with Crippen molar-refractivity contribution in [2.75, 3.05) is 91.1 Å². The fourth-order valence-corrected chi connectivity index (χ4v) is 4.34. The van der Waals surface area contributed by atoms with Gasteiger partial charge < -0.3 is 33.9 Å². The monoisotopic (exact) mass is 569 g/mol. The van der Waals surface area contributed by atoms with E-state index >= 15 is 0 Å². The van der Waals surface area contributed by atoms with E-state index in [9.17, 15) is 4.79 Å². The molecule has 0 radical (unpaired) electrons. The van der Waals surface area contributed by atoms with Gasteiger partial charge in [0.25, 0.3) is 0 Å². The number of carbonyl (C=O) groups is 1. The van der Waals surface area contributed by atoms with E-state index in [0.717, 1.165) is 33.8 Å². The van der Waals surface area contributed by atoms with Crippen LogP contribution in [0.1, 0.15) is 12.6 Å². The summed E-state index contributed by atoms with van der Waals surface area (Å²) < 4.78 is 29.6. The molecule has 224 valence electrons. The third kappa shape index (κ3) is 10.2. The second-order valence-corrected chi connectivity index (χ2v) is 9.27. The van der Waals surface area contributed by atoms with Gasteiger partial charge in [-0.1, -0.05) is 48.7 Å². The zero-order chi connectivity index (χ0) is 29.3. The van der Waals surface area contributed by atoms with Crippen LogP contribution in [0.5, 0.6) is 0 Å². The molecule has 1 aliphatic heterocycles. The molecule has 1 aromatic carbocycles. The zero-order valence-electron chi connectivity index (χ0n) is 24.3. The molecule has 11 nitrogen and oxygen atoms in total. The highest BCUT2D eigenvalue weighted by Crippen LogP contribution is 2.38. The number of anilines is 1. The number of nitrogens with zero attached hydrogens (tertiary/aromatic N) is 4. The van der Waals surface area contributed by atoms with Crippen LogP contribution in [0.4, 0.5) is 5.69 Å². The van der Waals surface area contributed by atoms with Crippen LogP contribution in [0.15, 0.2) is 55.1 Å². The van der Waals surface area contributed by atoms with Gasteiger partial charge in [0.05, 0.1) is 78.3 Å². The van der Waals surface area contributed by atoms with Crippen molar-refractivity contribution in [2.24, 2.45) is 0 Å². The minimum atomic E-state index is -0.0610. The molecule has 0 fully saturated rings. The number of rotatable bonds is 20. The average molecular weight is 570 g/mol. The number of allylic oxidation sites excluding steroid dienone is 2. The highest BCUT2D eigenvalue weighted by atomic mass is 16.6. The highest BCUT2D eigenvalue weighted by Gasteiger charge is 2.25. The van der Waals surface area contributed by atoms with E-state index in [2.05, 4.69) is 52.9 Å². The topological polar surface area (TPSA) is 109 Å². The molecule has 1 amide bonds. The molecule has 0 atom stereocenters. The Bertz CT molecular complexity index is 1150. The Morgan fingerprint density at radius 2 is 1.49 bits per heavy atom. The van der Waals surface area contributed by atoms with E-state index in [1.54, 1.807) is 0 Å². The van der Waals surface area contributed by atoms with Crippen molar-refractivity contribution in [3.63, 3.8) is 0 Å².